The molecule has 18 heavy (non-hydrogen) atoms. The Morgan fingerprint density at radius 3 is 2.50 bits per heavy atom. The van der Waals surface area contributed by atoms with Crippen molar-refractivity contribution in [3.63, 3.8) is 0 Å². The van der Waals surface area contributed by atoms with Gasteiger partial charge in [0.25, 0.3) is 5.91 Å². The van der Waals surface area contributed by atoms with E-state index < -0.39 is 23.2 Å². The first-order valence-electron chi connectivity index (χ1n) is 5.13. The fourth-order valence-corrected chi connectivity index (χ4v) is 1.38. The quantitative estimate of drug-likeness (QED) is 0.888. The molecule has 0 radical (unpaired) electrons. The number of aromatic nitrogens is 2. The van der Waals surface area contributed by atoms with Crippen molar-refractivity contribution >= 4 is 11.6 Å². The number of nitrogens with zero attached hydrogens (tertiary/aromatic N) is 2. The van der Waals surface area contributed by atoms with E-state index in [1.807, 2.05) is 0 Å². The highest BCUT2D eigenvalue weighted by Crippen LogP contribution is 2.18. The number of carbonyl (C=O) groups excluding carboxylic acids is 1. The highest BCUT2D eigenvalue weighted by molar-refractivity contribution is 6.02. The maximum absolute atomic E-state index is 13.3. The largest absolute Gasteiger partial charge is 0.316 e. The van der Waals surface area contributed by atoms with Crippen LogP contribution in [0.1, 0.15) is 16.3 Å². The summed E-state index contributed by atoms with van der Waals surface area (Å²) in [5.74, 6) is -1.97. The number of amides is 1. The second-order valence-corrected chi connectivity index (χ2v) is 3.54. The van der Waals surface area contributed by atoms with Crippen LogP contribution in [0.4, 0.5) is 14.5 Å². The van der Waals surface area contributed by atoms with Gasteiger partial charge in [0.05, 0.1) is 0 Å². The van der Waals surface area contributed by atoms with Gasteiger partial charge in [-0.1, -0.05) is 6.07 Å². The minimum Gasteiger partial charge on any atom is -0.316 e. The summed E-state index contributed by atoms with van der Waals surface area (Å²) in [6, 6.07) is 4.70. The second kappa shape index (κ2) is 4.87. The molecule has 1 heterocycles. The lowest BCUT2D eigenvalue weighted by Crippen LogP contribution is -2.16. The van der Waals surface area contributed by atoms with Crippen molar-refractivity contribution in [2.45, 2.75) is 6.92 Å². The molecule has 0 aliphatic carbocycles. The molecule has 6 heteroatoms. The van der Waals surface area contributed by atoms with Gasteiger partial charge in [-0.25, -0.2) is 18.7 Å². The first kappa shape index (κ1) is 12.1. The predicted molar refractivity (Wildman–Crippen MR) is 61.1 cm³/mol. The highest BCUT2D eigenvalue weighted by atomic mass is 19.1. The minimum atomic E-state index is -0.839. The second-order valence-electron chi connectivity index (χ2n) is 3.54. The van der Waals surface area contributed by atoms with Crippen molar-refractivity contribution in [3.05, 3.63) is 53.6 Å². The van der Waals surface area contributed by atoms with E-state index >= 15 is 0 Å². The first-order chi connectivity index (χ1) is 8.58. The molecule has 0 aliphatic heterocycles. The average Bonchev–Trinajstić information content (AvgIpc) is 2.34. The maximum Gasteiger partial charge on any atom is 0.274 e. The Kier molecular flexibility index (Phi) is 3.27. The van der Waals surface area contributed by atoms with E-state index in [1.54, 1.807) is 6.92 Å². The number of hydrogen-bond donors (Lipinski definition) is 1. The van der Waals surface area contributed by atoms with Gasteiger partial charge in [-0.05, 0) is 25.1 Å². The standard InChI is InChI=1S/C12H9F2N3O/c1-7-15-6-5-10(16-7)12(18)17-11-8(13)3-2-4-9(11)14/h2-6H,1H3,(H,17,18). The van der Waals surface area contributed by atoms with Gasteiger partial charge in [0.2, 0.25) is 0 Å². The van der Waals surface area contributed by atoms with E-state index in [2.05, 4.69) is 15.3 Å². The van der Waals surface area contributed by atoms with E-state index in [9.17, 15) is 13.6 Å². The molecular formula is C12H9F2N3O. The van der Waals surface area contributed by atoms with Crippen LogP contribution in [0.5, 0.6) is 0 Å². The molecule has 0 spiro atoms. The molecule has 2 rings (SSSR count). The third kappa shape index (κ3) is 2.48. The first-order valence-corrected chi connectivity index (χ1v) is 5.13. The lowest BCUT2D eigenvalue weighted by atomic mass is 10.2. The smallest absolute Gasteiger partial charge is 0.274 e. The van der Waals surface area contributed by atoms with Crippen molar-refractivity contribution in [3.8, 4) is 0 Å². The van der Waals surface area contributed by atoms with Crippen LogP contribution in [-0.2, 0) is 0 Å². The Balaban J connectivity index is 2.27. The van der Waals surface area contributed by atoms with Gasteiger partial charge in [0.1, 0.15) is 28.8 Å². The molecule has 1 N–H and O–H groups in total. The lowest BCUT2D eigenvalue weighted by Gasteiger charge is -2.06. The summed E-state index contributed by atoms with van der Waals surface area (Å²) in [5.41, 5.74) is -0.441. The Bertz CT molecular complexity index is 581. The summed E-state index contributed by atoms with van der Waals surface area (Å²) >= 11 is 0. The predicted octanol–water partition coefficient (Wildman–Crippen LogP) is 2.32. The molecule has 0 fully saturated rings. The van der Waals surface area contributed by atoms with Crippen molar-refractivity contribution < 1.29 is 13.6 Å². The van der Waals surface area contributed by atoms with Gasteiger partial charge < -0.3 is 5.32 Å². The Labute approximate surface area is 102 Å². The molecule has 1 amide bonds. The van der Waals surface area contributed by atoms with E-state index in [1.165, 1.54) is 18.3 Å². The third-order valence-electron chi connectivity index (χ3n) is 2.21. The molecule has 4 nitrogen and oxygen atoms in total. The number of rotatable bonds is 2. The van der Waals surface area contributed by atoms with Crippen LogP contribution < -0.4 is 5.32 Å². The maximum atomic E-state index is 13.3. The van der Waals surface area contributed by atoms with Crippen LogP contribution in [-0.4, -0.2) is 15.9 Å². The van der Waals surface area contributed by atoms with Crippen molar-refractivity contribution in [2.24, 2.45) is 0 Å². The van der Waals surface area contributed by atoms with Gasteiger partial charge in [-0.3, -0.25) is 4.79 Å². The molecule has 0 unspecified atom stereocenters. The Hall–Kier alpha value is -2.37. The van der Waals surface area contributed by atoms with Crippen molar-refractivity contribution in [1.82, 2.24) is 9.97 Å². The number of halogens is 2. The summed E-state index contributed by atoms with van der Waals surface area (Å²) in [4.78, 5) is 19.4. The van der Waals surface area contributed by atoms with Gasteiger partial charge >= 0.3 is 0 Å². The highest BCUT2D eigenvalue weighted by Gasteiger charge is 2.14. The summed E-state index contributed by atoms with van der Waals surface area (Å²) in [6.45, 7) is 1.61. The fraction of sp³-hybridized carbons (Fsp3) is 0.0833. The van der Waals surface area contributed by atoms with Gasteiger partial charge in [0.15, 0.2) is 0 Å². The summed E-state index contributed by atoms with van der Waals surface area (Å²) in [6.07, 6.45) is 1.40. The number of nitrogens with one attached hydrogen (secondary N) is 1. The summed E-state index contributed by atoms with van der Waals surface area (Å²) < 4.78 is 26.6. The van der Waals surface area contributed by atoms with Crippen LogP contribution in [0.2, 0.25) is 0 Å². The zero-order chi connectivity index (χ0) is 13.1. The Morgan fingerprint density at radius 1 is 1.22 bits per heavy atom. The molecule has 0 atom stereocenters. The molecule has 1 aromatic heterocycles. The van der Waals surface area contributed by atoms with Crippen LogP contribution in [0, 0.1) is 18.6 Å². The average molecular weight is 249 g/mol. The number of anilines is 1. The van der Waals surface area contributed by atoms with Crippen molar-refractivity contribution in [1.29, 1.82) is 0 Å². The number of hydrogen-bond acceptors (Lipinski definition) is 3. The number of para-hydroxylation sites is 1. The molecular weight excluding hydrogens is 240 g/mol. The van der Waals surface area contributed by atoms with Crippen LogP contribution >= 0.6 is 0 Å². The van der Waals surface area contributed by atoms with Crippen LogP contribution in [0.3, 0.4) is 0 Å². The molecule has 0 saturated carbocycles. The number of aryl methyl sites for hydroxylation is 1. The zero-order valence-corrected chi connectivity index (χ0v) is 9.45. The molecule has 2 aromatic rings. The monoisotopic (exact) mass is 249 g/mol. The minimum absolute atomic E-state index is 0.0464. The fourth-order valence-electron chi connectivity index (χ4n) is 1.38. The van der Waals surface area contributed by atoms with Gasteiger partial charge in [-0.15, -0.1) is 0 Å². The molecule has 0 bridgehead atoms. The third-order valence-corrected chi connectivity index (χ3v) is 2.21. The SMILES string of the molecule is Cc1nccc(C(=O)Nc2c(F)cccc2F)n1. The number of carbonyl (C=O) groups is 1. The van der Waals surface area contributed by atoms with E-state index in [0.29, 0.717) is 5.82 Å². The Morgan fingerprint density at radius 2 is 1.89 bits per heavy atom. The number of benzene rings is 1. The van der Waals surface area contributed by atoms with Crippen molar-refractivity contribution in [2.75, 3.05) is 5.32 Å². The summed E-state index contributed by atoms with van der Waals surface area (Å²) in [5, 5.41) is 2.14. The van der Waals surface area contributed by atoms with E-state index in [-0.39, 0.29) is 5.69 Å². The molecule has 1 aromatic carbocycles. The lowest BCUT2D eigenvalue weighted by molar-refractivity contribution is 0.102. The van der Waals surface area contributed by atoms with E-state index in [0.717, 1.165) is 12.1 Å². The van der Waals surface area contributed by atoms with Gasteiger partial charge in [0, 0.05) is 6.20 Å². The van der Waals surface area contributed by atoms with Crippen LogP contribution in [0.25, 0.3) is 0 Å². The zero-order valence-electron chi connectivity index (χ0n) is 9.45. The topological polar surface area (TPSA) is 54.9 Å². The van der Waals surface area contributed by atoms with Gasteiger partial charge in [-0.2, -0.15) is 0 Å². The van der Waals surface area contributed by atoms with Crippen LogP contribution in [0.15, 0.2) is 30.5 Å². The summed E-state index contributed by atoms with van der Waals surface area (Å²) in [7, 11) is 0. The molecule has 0 saturated heterocycles. The normalized spacial score (nSPS) is 10.2. The van der Waals surface area contributed by atoms with E-state index in [4.69, 9.17) is 0 Å². The molecule has 0 aliphatic rings. The molecule has 92 valence electrons.